The van der Waals surface area contributed by atoms with Crippen molar-refractivity contribution < 1.29 is 37.7 Å². The maximum Gasteiger partial charge on any atom is 0.325 e. The van der Waals surface area contributed by atoms with Gasteiger partial charge in [0.2, 0.25) is 0 Å². The highest BCUT2D eigenvalue weighted by Crippen LogP contribution is 2.36. The molecule has 0 saturated heterocycles. The number of carbonyl (C=O) groups is 3. The lowest BCUT2D eigenvalue weighted by molar-refractivity contribution is -0.146. The second kappa shape index (κ2) is 10.7. The fourth-order valence-electron chi connectivity index (χ4n) is 3.59. The number of rotatable bonds is 9. The first kappa shape index (κ1) is 24.4. The number of hydrogen-bond donors (Lipinski definition) is 2. The first-order chi connectivity index (χ1) is 17.4. The third kappa shape index (κ3) is 5.33. The third-order valence-corrected chi connectivity index (χ3v) is 5.34. The molecule has 0 atom stereocenters. The molecule has 10 nitrogen and oxygen atoms in total. The highest BCUT2D eigenvalue weighted by Gasteiger charge is 2.16. The quantitative estimate of drug-likeness (QED) is 0.340. The van der Waals surface area contributed by atoms with E-state index in [2.05, 4.69) is 10.6 Å². The molecule has 4 rings (SSSR count). The molecule has 0 unspecified atom stereocenters. The molecule has 1 aromatic heterocycles. The van der Waals surface area contributed by atoms with E-state index in [1.807, 2.05) is 24.3 Å². The molecular weight excluding hydrogens is 468 g/mol. The van der Waals surface area contributed by atoms with Gasteiger partial charge in [-0.25, -0.2) is 0 Å². The minimum absolute atomic E-state index is 0.241. The van der Waals surface area contributed by atoms with E-state index in [1.165, 1.54) is 33.5 Å². The lowest BCUT2D eigenvalue weighted by Gasteiger charge is -2.11. The van der Waals surface area contributed by atoms with Gasteiger partial charge in [-0.2, -0.15) is 0 Å². The molecule has 0 bridgehead atoms. The molecule has 2 N–H and O–H groups in total. The molecule has 2 amide bonds. The van der Waals surface area contributed by atoms with Crippen molar-refractivity contribution in [2.45, 2.75) is 0 Å². The second-order valence-electron chi connectivity index (χ2n) is 7.64. The average molecular weight is 492 g/mol. The maximum absolute atomic E-state index is 12.4. The summed E-state index contributed by atoms with van der Waals surface area (Å²) in [7, 11) is 4.41. The molecule has 0 aliphatic rings. The summed E-state index contributed by atoms with van der Waals surface area (Å²) in [5, 5.41) is 6.86. The summed E-state index contributed by atoms with van der Waals surface area (Å²) in [6.07, 6.45) is 0. The first-order valence-electron chi connectivity index (χ1n) is 10.9. The number of nitrogens with one attached hydrogen (secondary N) is 2. The Morgan fingerprint density at radius 3 is 2.25 bits per heavy atom. The van der Waals surface area contributed by atoms with Crippen molar-refractivity contribution in [3.05, 3.63) is 60.2 Å². The van der Waals surface area contributed by atoms with Crippen LogP contribution >= 0.6 is 0 Å². The van der Waals surface area contributed by atoms with Crippen LogP contribution in [-0.4, -0.2) is 52.3 Å². The summed E-state index contributed by atoms with van der Waals surface area (Å²) in [6.45, 7) is -0.983. The van der Waals surface area contributed by atoms with Gasteiger partial charge >= 0.3 is 5.97 Å². The number of anilines is 1. The van der Waals surface area contributed by atoms with Gasteiger partial charge in [-0.1, -0.05) is 18.2 Å². The standard InChI is InChI=1S/C26H24N2O8/c1-32-16-8-15(9-17(10-16)33-2)26(31)27-13-25(30)35-14-24(29)28-20-12-22-19(11-23(20)34-3)18-6-4-5-7-21(18)36-22/h4-12H,13-14H2,1-3H3,(H,27,31)(H,28,29). The number of amides is 2. The molecule has 0 fully saturated rings. The normalized spacial score (nSPS) is 10.6. The fourth-order valence-corrected chi connectivity index (χ4v) is 3.59. The van der Waals surface area contributed by atoms with Crippen molar-refractivity contribution in [1.82, 2.24) is 5.32 Å². The molecule has 1 heterocycles. The minimum Gasteiger partial charge on any atom is -0.497 e. The van der Waals surface area contributed by atoms with E-state index in [0.717, 1.165) is 10.8 Å². The van der Waals surface area contributed by atoms with Gasteiger partial charge in [0.05, 0.1) is 27.0 Å². The van der Waals surface area contributed by atoms with E-state index in [1.54, 1.807) is 18.2 Å². The number of ether oxygens (including phenoxy) is 4. The van der Waals surface area contributed by atoms with Crippen LogP contribution in [0.25, 0.3) is 21.9 Å². The number of furan rings is 1. The molecule has 36 heavy (non-hydrogen) atoms. The number of carbonyl (C=O) groups excluding carboxylic acids is 3. The Morgan fingerprint density at radius 2 is 1.56 bits per heavy atom. The zero-order valence-corrected chi connectivity index (χ0v) is 19.9. The van der Waals surface area contributed by atoms with Crippen molar-refractivity contribution >= 4 is 45.4 Å². The number of benzene rings is 3. The van der Waals surface area contributed by atoms with Crippen LogP contribution in [0.5, 0.6) is 17.2 Å². The van der Waals surface area contributed by atoms with Gasteiger partial charge in [0.25, 0.3) is 11.8 Å². The molecule has 10 heteroatoms. The average Bonchev–Trinajstić information content (AvgIpc) is 3.26. The molecular formula is C26H24N2O8. The molecule has 0 saturated carbocycles. The molecule has 0 spiro atoms. The largest absolute Gasteiger partial charge is 0.497 e. The molecule has 3 aromatic carbocycles. The molecule has 0 aliphatic heterocycles. The summed E-state index contributed by atoms with van der Waals surface area (Å²) in [5.74, 6) is -0.619. The fraction of sp³-hybridized carbons (Fsp3) is 0.192. The summed E-state index contributed by atoms with van der Waals surface area (Å²) in [5.41, 5.74) is 1.89. The van der Waals surface area contributed by atoms with E-state index >= 15 is 0 Å². The first-order valence-corrected chi connectivity index (χ1v) is 10.9. The predicted octanol–water partition coefficient (Wildman–Crippen LogP) is 3.52. The van der Waals surface area contributed by atoms with Gasteiger partial charge in [-0.15, -0.1) is 0 Å². The van der Waals surface area contributed by atoms with E-state index in [9.17, 15) is 14.4 Å². The van der Waals surface area contributed by atoms with Crippen LogP contribution in [0, 0.1) is 0 Å². The van der Waals surface area contributed by atoms with Crippen LogP contribution < -0.4 is 24.8 Å². The summed E-state index contributed by atoms with van der Waals surface area (Å²) in [4.78, 5) is 36.9. The van der Waals surface area contributed by atoms with Gasteiger partial charge in [0.1, 0.15) is 35.0 Å². The topological polar surface area (TPSA) is 125 Å². The van der Waals surface area contributed by atoms with Crippen LogP contribution in [0.3, 0.4) is 0 Å². The van der Waals surface area contributed by atoms with E-state index < -0.39 is 30.9 Å². The Morgan fingerprint density at radius 1 is 0.833 bits per heavy atom. The second-order valence-corrected chi connectivity index (χ2v) is 7.64. The Kier molecular flexibility index (Phi) is 7.24. The molecule has 0 aliphatic carbocycles. The number of methoxy groups -OCH3 is 3. The monoisotopic (exact) mass is 492 g/mol. The van der Waals surface area contributed by atoms with Gasteiger partial charge in [0.15, 0.2) is 6.61 Å². The van der Waals surface area contributed by atoms with Crippen molar-refractivity contribution in [3.8, 4) is 17.2 Å². The van der Waals surface area contributed by atoms with Crippen LogP contribution in [-0.2, 0) is 14.3 Å². The lowest BCUT2D eigenvalue weighted by atomic mass is 10.1. The van der Waals surface area contributed by atoms with Crippen molar-refractivity contribution in [3.63, 3.8) is 0 Å². The third-order valence-electron chi connectivity index (χ3n) is 5.34. The van der Waals surface area contributed by atoms with Crippen LogP contribution in [0.2, 0.25) is 0 Å². The minimum atomic E-state index is -0.784. The predicted molar refractivity (Wildman–Crippen MR) is 132 cm³/mol. The van der Waals surface area contributed by atoms with Gasteiger partial charge in [-0.3, -0.25) is 14.4 Å². The molecule has 0 radical (unpaired) electrons. The lowest BCUT2D eigenvalue weighted by Crippen LogP contribution is -2.32. The maximum atomic E-state index is 12.4. The molecule has 186 valence electrons. The smallest absolute Gasteiger partial charge is 0.325 e. The highest BCUT2D eigenvalue weighted by molar-refractivity contribution is 6.08. The van der Waals surface area contributed by atoms with Gasteiger partial charge in [-0.05, 0) is 24.3 Å². The Labute approximate surface area is 206 Å². The zero-order valence-electron chi connectivity index (χ0n) is 19.9. The van der Waals surface area contributed by atoms with Crippen molar-refractivity contribution in [1.29, 1.82) is 0 Å². The van der Waals surface area contributed by atoms with Gasteiger partial charge < -0.3 is 34.0 Å². The van der Waals surface area contributed by atoms with E-state index in [-0.39, 0.29) is 5.56 Å². The van der Waals surface area contributed by atoms with Crippen molar-refractivity contribution in [2.75, 3.05) is 39.8 Å². The number of esters is 1. The summed E-state index contributed by atoms with van der Waals surface area (Å²) >= 11 is 0. The van der Waals surface area contributed by atoms with E-state index in [4.69, 9.17) is 23.4 Å². The number of hydrogen-bond acceptors (Lipinski definition) is 8. The molecule has 4 aromatic rings. The SMILES string of the molecule is COc1cc(OC)cc(C(=O)NCC(=O)OCC(=O)Nc2cc3oc4ccccc4c3cc2OC)c1. The van der Waals surface area contributed by atoms with Crippen molar-refractivity contribution in [2.24, 2.45) is 0 Å². The van der Waals surface area contributed by atoms with Crippen LogP contribution in [0.15, 0.2) is 59.0 Å². The highest BCUT2D eigenvalue weighted by atomic mass is 16.5. The van der Waals surface area contributed by atoms with Gasteiger partial charge in [0, 0.05) is 28.5 Å². The zero-order chi connectivity index (χ0) is 25.7. The Bertz CT molecular complexity index is 1420. The Hall–Kier alpha value is -4.73. The Balaban J connectivity index is 1.34. The van der Waals surface area contributed by atoms with E-state index in [0.29, 0.717) is 34.1 Å². The van der Waals surface area contributed by atoms with Crippen LogP contribution in [0.4, 0.5) is 5.69 Å². The summed E-state index contributed by atoms with van der Waals surface area (Å²) in [6, 6.07) is 15.6. The number of fused-ring (bicyclic) bond motifs is 3. The number of para-hydroxylation sites is 1. The summed E-state index contributed by atoms with van der Waals surface area (Å²) < 4.78 is 26.5. The van der Waals surface area contributed by atoms with Crippen LogP contribution in [0.1, 0.15) is 10.4 Å².